The molecule has 0 aliphatic rings. The molecule has 94 valence electrons. The lowest BCUT2D eigenvalue weighted by Gasteiger charge is -2.18. The maximum absolute atomic E-state index is 11.8. The van der Waals surface area contributed by atoms with E-state index in [9.17, 15) is 4.79 Å². The number of carbonyl (C=O) groups is 1. The summed E-state index contributed by atoms with van der Waals surface area (Å²) in [5.74, 6) is 0.109. The predicted octanol–water partition coefficient (Wildman–Crippen LogP) is 3.67. The Balaban J connectivity index is 2.33. The Bertz CT molecular complexity index is 555. The van der Waals surface area contributed by atoms with Gasteiger partial charge in [0.2, 0.25) is 5.91 Å². The van der Waals surface area contributed by atoms with Crippen molar-refractivity contribution in [1.29, 1.82) is 0 Å². The smallest absolute Gasteiger partial charge is 0.223 e. The third kappa shape index (κ3) is 2.53. The minimum absolute atomic E-state index is 0.0161. The van der Waals surface area contributed by atoms with Crippen molar-refractivity contribution < 1.29 is 4.79 Å². The number of fused-ring (bicyclic) bond motifs is 1. The summed E-state index contributed by atoms with van der Waals surface area (Å²) in [5.41, 5.74) is 1.17. The monoisotopic (exact) mass is 241 g/mol. The number of rotatable bonds is 3. The Morgan fingerprint density at radius 3 is 2.39 bits per heavy atom. The van der Waals surface area contributed by atoms with Crippen molar-refractivity contribution in [3.8, 4) is 0 Å². The Hall–Kier alpha value is -1.83. The molecule has 0 aromatic heterocycles. The van der Waals surface area contributed by atoms with Crippen LogP contribution in [0.3, 0.4) is 0 Å². The number of hydrogen-bond acceptors (Lipinski definition) is 1. The highest BCUT2D eigenvalue weighted by atomic mass is 16.1. The van der Waals surface area contributed by atoms with Crippen LogP contribution in [-0.4, -0.2) is 5.91 Å². The van der Waals surface area contributed by atoms with Crippen molar-refractivity contribution >= 4 is 16.7 Å². The summed E-state index contributed by atoms with van der Waals surface area (Å²) in [5, 5.41) is 5.46. The van der Waals surface area contributed by atoms with E-state index in [0.29, 0.717) is 0 Å². The lowest BCUT2D eigenvalue weighted by atomic mass is 9.99. The van der Waals surface area contributed by atoms with Crippen LogP contribution in [0.2, 0.25) is 0 Å². The largest absolute Gasteiger partial charge is 0.349 e. The average molecular weight is 241 g/mol. The molecule has 0 aliphatic heterocycles. The molecule has 0 spiro atoms. The maximum Gasteiger partial charge on any atom is 0.223 e. The summed E-state index contributed by atoms with van der Waals surface area (Å²) in [6, 6.07) is 14.5. The second-order valence-electron chi connectivity index (χ2n) is 4.95. The van der Waals surface area contributed by atoms with Gasteiger partial charge in [-0.15, -0.1) is 0 Å². The van der Waals surface area contributed by atoms with E-state index in [1.807, 2.05) is 39.0 Å². The molecule has 0 heterocycles. The average Bonchev–Trinajstić information content (AvgIpc) is 2.37. The van der Waals surface area contributed by atoms with Gasteiger partial charge in [0.05, 0.1) is 6.04 Å². The highest BCUT2D eigenvalue weighted by Gasteiger charge is 2.13. The lowest BCUT2D eigenvalue weighted by molar-refractivity contribution is -0.124. The van der Waals surface area contributed by atoms with Gasteiger partial charge < -0.3 is 5.32 Å². The van der Waals surface area contributed by atoms with Gasteiger partial charge in [0.1, 0.15) is 0 Å². The predicted molar refractivity (Wildman–Crippen MR) is 75.3 cm³/mol. The van der Waals surface area contributed by atoms with E-state index in [0.717, 1.165) is 0 Å². The summed E-state index contributed by atoms with van der Waals surface area (Å²) < 4.78 is 0. The van der Waals surface area contributed by atoms with Crippen LogP contribution >= 0.6 is 0 Å². The van der Waals surface area contributed by atoms with Crippen molar-refractivity contribution in [2.75, 3.05) is 0 Å². The highest BCUT2D eigenvalue weighted by molar-refractivity contribution is 5.87. The van der Waals surface area contributed by atoms with Gasteiger partial charge >= 0.3 is 0 Å². The van der Waals surface area contributed by atoms with Gasteiger partial charge in [-0.05, 0) is 23.3 Å². The summed E-state index contributed by atoms with van der Waals surface area (Å²) in [6.45, 7) is 5.85. The minimum Gasteiger partial charge on any atom is -0.349 e. The zero-order chi connectivity index (χ0) is 13.1. The minimum atomic E-state index is 0.0161. The molecule has 0 fully saturated rings. The Labute approximate surface area is 108 Å². The molecule has 1 N–H and O–H groups in total. The molecule has 0 unspecified atom stereocenters. The number of benzene rings is 2. The fraction of sp³-hybridized carbons (Fsp3) is 0.312. The molecule has 1 atom stereocenters. The van der Waals surface area contributed by atoms with Crippen LogP contribution in [0.1, 0.15) is 32.4 Å². The molecule has 2 aromatic carbocycles. The number of carbonyl (C=O) groups excluding carboxylic acids is 1. The maximum atomic E-state index is 11.8. The Morgan fingerprint density at radius 2 is 1.67 bits per heavy atom. The number of amides is 1. The van der Waals surface area contributed by atoms with E-state index in [4.69, 9.17) is 0 Å². The van der Waals surface area contributed by atoms with Crippen molar-refractivity contribution in [3.63, 3.8) is 0 Å². The molecule has 1 amide bonds. The van der Waals surface area contributed by atoms with Gasteiger partial charge in [-0.25, -0.2) is 0 Å². The summed E-state index contributed by atoms with van der Waals surface area (Å²) in [7, 11) is 0. The van der Waals surface area contributed by atoms with Gasteiger partial charge in [0.25, 0.3) is 0 Å². The third-order valence-electron chi connectivity index (χ3n) is 3.17. The van der Waals surface area contributed by atoms with E-state index in [-0.39, 0.29) is 17.9 Å². The zero-order valence-electron chi connectivity index (χ0n) is 11.1. The summed E-state index contributed by atoms with van der Waals surface area (Å²) >= 11 is 0. The fourth-order valence-electron chi connectivity index (χ4n) is 2.09. The zero-order valence-corrected chi connectivity index (χ0v) is 11.1. The first-order valence-electron chi connectivity index (χ1n) is 6.37. The molecule has 0 aliphatic carbocycles. The van der Waals surface area contributed by atoms with Crippen molar-refractivity contribution in [1.82, 2.24) is 5.32 Å². The summed E-state index contributed by atoms with van der Waals surface area (Å²) in [6.07, 6.45) is 0. The topological polar surface area (TPSA) is 29.1 Å². The van der Waals surface area contributed by atoms with Crippen molar-refractivity contribution in [2.24, 2.45) is 5.92 Å². The van der Waals surface area contributed by atoms with Crippen LogP contribution in [-0.2, 0) is 4.79 Å². The first-order valence-corrected chi connectivity index (χ1v) is 6.37. The van der Waals surface area contributed by atoms with Crippen LogP contribution in [0, 0.1) is 5.92 Å². The normalized spacial score (nSPS) is 12.7. The van der Waals surface area contributed by atoms with E-state index in [1.165, 1.54) is 16.3 Å². The number of hydrogen-bond donors (Lipinski definition) is 1. The van der Waals surface area contributed by atoms with Crippen LogP contribution in [0.4, 0.5) is 0 Å². The van der Waals surface area contributed by atoms with Gasteiger partial charge in [-0.2, -0.15) is 0 Å². The molecule has 2 rings (SSSR count). The van der Waals surface area contributed by atoms with E-state index >= 15 is 0 Å². The molecule has 0 saturated heterocycles. The van der Waals surface area contributed by atoms with Gasteiger partial charge in [-0.3, -0.25) is 4.79 Å². The second-order valence-corrected chi connectivity index (χ2v) is 4.95. The molecule has 0 saturated carbocycles. The van der Waals surface area contributed by atoms with E-state index < -0.39 is 0 Å². The third-order valence-corrected chi connectivity index (χ3v) is 3.17. The SMILES string of the molecule is CC(C)C(=O)N[C@H](C)c1cccc2ccccc12. The molecular formula is C16H19NO. The fourth-order valence-corrected chi connectivity index (χ4v) is 2.09. The first-order chi connectivity index (χ1) is 8.59. The molecular weight excluding hydrogens is 222 g/mol. The van der Waals surface area contributed by atoms with Gasteiger partial charge in [0.15, 0.2) is 0 Å². The first kappa shape index (κ1) is 12.6. The van der Waals surface area contributed by atoms with Gasteiger partial charge in [-0.1, -0.05) is 56.3 Å². The molecule has 0 radical (unpaired) electrons. The van der Waals surface area contributed by atoms with Crippen LogP contribution in [0.25, 0.3) is 10.8 Å². The van der Waals surface area contributed by atoms with E-state index in [1.54, 1.807) is 0 Å². The molecule has 2 nitrogen and oxygen atoms in total. The molecule has 2 aromatic rings. The van der Waals surface area contributed by atoms with Crippen LogP contribution in [0.5, 0.6) is 0 Å². The quantitative estimate of drug-likeness (QED) is 0.872. The molecule has 18 heavy (non-hydrogen) atoms. The van der Waals surface area contributed by atoms with Crippen LogP contribution in [0.15, 0.2) is 42.5 Å². The van der Waals surface area contributed by atoms with Gasteiger partial charge in [0, 0.05) is 5.92 Å². The Kier molecular flexibility index (Phi) is 3.66. The second kappa shape index (κ2) is 5.21. The van der Waals surface area contributed by atoms with Crippen molar-refractivity contribution in [2.45, 2.75) is 26.8 Å². The Morgan fingerprint density at radius 1 is 1.00 bits per heavy atom. The van der Waals surface area contributed by atoms with Crippen molar-refractivity contribution in [3.05, 3.63) is 48.0 Å². The standard InChI is InChI=1S/C16H19NO/c1-11(2)16(18)17-12(3)14-10-6-8-13-7-4-5-9-15(13)14/h4-12H,1-3H3,(H,17,18)/t12-/m1/s1. The number of nitrogens with one attached hydrogen (secondary N) is 1. The van der Waals surface area contributed by atoms with Crippen LogP contribution < -0.4 is 5.32 Å². The lowest BCUT2D eigenvalue weighted by Crippen LogP contribution is -2.30. The molecule has 2 heteroatoms. The molecule has 0 bridgehead atoms. The van der Waals surface area contributed by atoms with E-state index in [2.05, 4.69) is 29.6 Å². The highest BCUT2D eigenvalue weighted by Crippen LogP contribution is 2.24. The summed E-state index contributed by atoms with van der Waals surface area (Å²) in [4.78, 5) is 11.8.